The second-order valence-electron chi connectivity index (χ2n) is 4.88. The molecule has 0 aromatic rings. The largest absolute Gasteiger partial charge is 0.381 e. The zero-order valence-corrected chi connectivity index (χ0v) is 10.4. The number of nitrogens with one attached hydrogen (secondary N) is 2. The van der Waals surface area contributed by atoms with Gasteiger partial charge in [0, 0.05) is 32.7 Å². The number of carbonyl (C=O) groups excluding carboxylic acids is 1. The van der Waals surface area contributed by atoms with Crippen LogP contribution in [0.15, 0.2) is 0 Å². The van der Waals surface area contributed by atoms with Gasteiger partial charge in [-0.3, -0.25) is 4.79 Å². The average molecular weight is 228 g/mol. The fourth-order valence-corrected chi connectivity index (χ4v) is 1.66. The highest BCUT2D eigenvalue weighted by atomic mass is 16.5. The number of hydrogen-bond acceptors (Lipinski definition) is 3. The van der Waals surface area contributed by atoms with Crippen LogP contribution in [0, 0.1) is 11.8 Å². The Labute approximate surface area is 98.1 Å². The second-order valence-corrected chi connectivity index (χ2v) is 4.88. The van der Waals surface area contributed by atoms with Crippen molar-refractivity contribution in [2.45, 2.75) is 26.7 Å². The van der Waals surface area contributed by atoms with E-state index in [9.17, 15) is 4.79 Å². The van der Waals surface area contributed by atoms with Gasteiger partial charge >= 0.3 is 0 Å². The van der Waals surface area contributed by atoms with Gasteiger partial charge in [-0.15, -0.1) is 0 Å². The Kier molecular flexibility index (Phi) is 6.42. The Balaban J connectivity index is 1.91. The normalized spacial score (nSPS) is 20.3. The van der Waals surface area contributed by atoms with Crippen LogP contribution >= 0.6 is 0 Å². The van der Waals surface area contributed by atoms with Crippen molar-refractivity contribution in [3.8, 4) is 0 Å². The molecular formula is C12H24N2O2. The SMILES string of the molecule is CC(C)CNC(=O)CCNCC1CCOC1. The molecule has 2 N–H and O–H groups in total. The molecule has 0 aromatic heterocycles. The second kappa shape index (κ2) is 7.63. The molecule has 0 saturated carbocycles. The molecule has 1 saturated heterocycles. The van der Waals surface area contributed by atoms with Crippen LogP contribution in [0.5, 0.6) is 0 Å². The molecular weight excluding hydrogens is 204 g/mol. The minimum atomic E-state index is 0.142. The molecule has 1 fully saturated rings. The van der Waals surface area contributed by atoms with Gasteiger partial charge in [0.05, 0.1) is 6.61 Å². The van der Waals surface area contributed by atoms with Crippen LogP contribution in [0.3, 0.4) is 0 Å². The molecule has 4 nitrogen and oxygen atoms in total. The van der Waals surface area contributed by atoms with Crippen LogP contribution in [0.1, 0.15) is 26.7 Å². The summed E-state index contributed by atoms with van der Waals surface area (Å²) in [7, 11) is 0. The van der Waals surface area contributed by atoms with E-state index in [1.165, 1.54) is 0 Å². The highest BCUT2D eigenvalue weighted by molar-refractivity contribution is 5.76. The first-order valence-corrected chi connectivity index (χ1v) is 6.23. The summed E-state index contributed by atoms with van der Waals surface area (Å²) < 4.78 is 5.28. The van der Waals surface area contributed by atoms with Crippen LogP contribution < -0.4 is 10.6 Å². The molecule has 1 atom stereocenters. The Hall–Kier alpha value is -0.610. The lowest BCUT2D eigenvalue weighted by Crippen LogP contribution is -2.31. The third-order valence-corrected chi connectivity index (χ3v) is 2.69. The first-order chi connectivity index (χ1) is 7.68. The van der Waals surface area contributed by atoms with E-state index in [1.54, 1.807) is 0 Å². The number of rotatable bonds is 7. The van der Waals surface area contributed by atoms with Gasteiger partial charge in [0.25, 0.3) is 0 Å². The van der Waals surface area contributed by atoms with Crippen molar-refractivity contribution in [3.63, 3.8) is 0 Å². The van der Waals surface area contributed by atoms with Crippen molar-refractivity contribution >= 4 is 5.91 Å². The molecule has 0 bridgehead atoms. The maximum absolute atomic E-state index is 11.4. The van der Waals surface area contributed by atoms with Gasteiger partial charge < -0.3 is 15.4 Å². The van der Waals surface area contributed by atoms with E-state index in [1.807, 2.05) is 0 Å². The summed E-state index contributed by atoms with van der Waals surface area (Å²) in [6.45, 7) is 8.46. The summed E-state index contributed by atoms with van der Waals surface area (Å²) in [5.74, 6) is 1.30. The van der Waals surface area contributed by atoms with Crippen LogP contribution in [-0.4, -0.2) is 38.8 Å². The van der Waals surface area contributed by atoms with E-state index in [2.05, 4.69) is 24.5 Å². The monoisotopic (exact) mass is 228 g/mol. The Morgan fingerprint density at radius 2 is 2.31 bits per heavy atom. The summed E-state index contributed by atoms with van der Waals surface area (Å²) in [6.07, 6.45) is 1.72. The zero-order valence-electron chi connectivity index (χ0n) is 10.4. The summed E-state index contributed by atoms with van der Waals surface area (Å²) >= 11 is 0. The minimum absolute atomic E-state index is 0.142. The highest BCUT2D eigenvalue weighted by Gasteiger charge is 2.14. The lowest BCUT2D eigenvalue weighted by atomic mass is 10.1. The Bertz CT molecular complexity index is 201. The molecule has 0 aliphatic carbocycles. The third-order valence-electron chi connectivity index (χ3n) is 2.69. The molecule has 1 amide bonds. The van der Waals surface area contributed by atoms with Gasteiger partial charge in [0.1, 0.15) is 0 Å². The van der Waals surface area contributed by atoms with Crippen molar-refractivity contribution in [1.82, 2.24) is 10.6 Å². The molecule has 16 heavy (non-hydrogen) atoms. The lowest BCUT2D eigenvalue weighted by molar-refractivity contribution is -0.121. The molecule has 1 aliphatic rings. The zero-order chi connectivity index (χ0) is 11.8. The first kappa shape index (κ1) is 13.5. The molecule has 0 aromatic carbocycles. The van der Waals surface area contributed by atoms with Crippen LogP contribution in [0.25, 0.3) is 0 Å². The van der Waals surface area contributed by atoms with Crippen LogP contribution in [0.2, 0.25) is 0 Å². The maximum atomic E-state index is 11.4. The Morgan fingerprint density at radius 3 is 2.94 bits per heavy atom. The summed E-state index contributed by atoms with van der Waals surface area (Å²) in [5.41, 5.74) is 0. The summed E-state index contributed by atoms with van der Waals surface area (Å²) in [6, 6.07) is 0. The summed E-state index contributed by atoms with van der Waals surface area (Å²) in [5, 5.41) is 6.21. The van der Waals surface area contributed by atoms with E-state index in [0.29, 0.717) is 18.3 Å². The number of hydrogen-bond donors (Lipinski definition) is 2. The van der Waals surface area contributed by atoms with Crippen molar-refractivity contribution in [3.05, 3.63) is 0 Å². The molecule has 94 valence electrons. The standard InChI is InChI=1S/C12H24N2O2/c1-10(2)7-14-12(15)3-5-13-8-11-4-6-16-9-11/h10-11,13H,3-9H2,1-2H3,(H,14,15). The number of carbonyl (C=O) groups is 1. The van der Waals surface area contributed by atoms with Gasteiger partial charge in [0.2, 0.25) is 5.91 Å². The molecule has 0 spiro atoms. The Morgan fingerprint density at radius 1 is 1.50 bits per heavy atom. The smallest absolute Gasteiger partial charge is 0.221 e. The van der Waals surface area contributed by atoms with Crippen molar-refractivity contribution in [2.24, 2.45) is 11.8 Å². The van der Waals surface area contributed by atoms with Crippen LogP contribution in [-0.2, 0) is 9.53 Å². The number of amides is 1. The predicted molar refractivity (Wildman–Crippen MR) is 64.3 cm³/mol. The quantitative estimate of drug-likeness (QED) is 0.633. The van der Waals surface area contributed by atoms with E-state index in [0.717, 1.165) is 39.3 Å². The van der Waals surface area contributed by atoms with Crippen LogP contribution in [0.4, 0.5) is 0 Å². The first-order valence-electron chi connectivity index (χ1n) is 6.23. The topological polar surface area (TPSA) is 50.4 Å². The number of ether oxygens (including phenoxy) is 1. The molecule has 0 radical (unpaired) electrons. The third kappa shape index (κ3) is 6.08. The summed E-state index contributed by atoms with van der Waals surface area (Å²) in [4.78, 5) is 11.4. The van der Waals surface area contributed by atoms with Gasteiger partial charge in [-0.1, -0.05) is 13.8 Å². The van der Waals surface area contributed by atoms with Crippen molar-refractivity contribution in [1.29, 1.82) is 0 Å². The van der Waals surface area contributed by atoms with E-state index >= 15 is 0 Å². The lowest BCUT2D eigenvalue weighted by Gasteiger charge is -2.10. The van der Waals surface area contributed by atoms with E-state index in [4.69, 9.17) is 4.74 Å². The maximum Gasteiger partial charge on any atom is 0.221 e. The molecule has 4 heteroatoms. The fraction of sp³-hybridized carbons (Fsp3) is 0.917. The molecule has 1 aliphatic heterocycles. The van der Waals surface area contributed by atoms with Gasteiger partial charge in [-0.05, 0) is 18.3 Å². The fourth-order valence-electron chi connectivity index (χ4n) is 1.66. The minimum Gasteiger partial charge on any atom is -0.381 e. The van der Waals surface area contributed by atoms with Gasteiger partial charge in [-0.2, -0.15) is 0 Å². The van der Waals surface area contributed by atoms with E-state index < -0.39 is 0 Å². The van der Waals surface area contributed by atoms with Gasteiger partial charge in [-0.25, -0.2) is 0 Å². The van der Waals surface area contributed by atoms with Crippen molar-refractivity contribution < 1.29 is 9.53 Å². The predicted octanol–water partition coefficient (Wildman–Crippen LogP) is 0.775. The average Bonchev–Trinajstić information content (AvgIpc) is 2.74. The highest BCUT2D eigenvalue weighted by Crippen LogP contribution is 2.10. The van der Waals surface area contributed by atoms with Crippen molar-refractivity contribution in [2.75, 3.05) is 32.8 Å². The van der Waals surface area contributed by atoms with Gasteiger partial charge in [0.15, 0.2) is 0 Å². The van der Waals surface area contributed by atoms with E-state index in [-0.39, 0.29) is 5.91 Å². The molecule has 1 rings (SSSR count). The molecule has 1 unspecified atom stereocenters. The molecule has 1 heterocycles.